The molecule has 2 aromatic heterocycles. The monoisotopic (exact) mass is 441 g/mol. The molecule has 30 heavy (non-hydrogen) atoms. The van der Waals surface area contributed by atoms with Gasteiger partial charge in [0.25, 0.3) is 0 Å². The van der Waals surface area contributed by atoms with Crippen LogP contribution in [0.5, 0.6) is 0 Å². The summed E-state index contributed by atoms with van der Waals surface area (Å²) in [6, 6.07) is 14.0. The van der Waals surface area contributed by atoms with Gasteiger partial charge in [-0.3, -0.25) is 14.2 Å². The van der Waals surface area contributed by atoms with Gasteiger partial charge in [0.05, 0.1) is 11.7 Å². The third kappa shape index (κ3) is 4.73. The summed E-state index contributed by atoms with van der Waals surface area (Å²) in [4.78, 5) is 27.2. The molecule has 2 amide bonds. The molecule has 1 aliphatic rings. The van der Waals surface area contributed by atoms with Crippen molar-refractivity contribution in [2.24, 2.45) is 11.7 Å². The van der Waals surface area contributed by atoms with Crippen molar-refractivity contribution in [1.29, 1.82) is 0 Å². The molecule has 1 fully saturated rings. The van der Waals surface area contributed by atoms with Crippen LogP contribution in [0, 0.1) is 5.92 Å². The van der Waals surface area contributed by atoms with Gasteiger partial charge in [-0.1, -0.05) is 36.0 Å². The van der Waals surface area contributed by atoms with Crippen LogP contribution >= 0.6 is 23.1 Å². The number of para-hydroxylation sites is 1. The lowest BCUT2D eigenvalue weighted by molar-refractivity contribution is -0.132. The summed E-state index contributed by atoms with van der Waals surface area (Å²) >= 11 is 3.06. The van der Waals surface area contributed by atoms with Crippen LogP contribution in [-0.2, 0) is 16.0 Å². The number of primary amides is 1. The van der Waals surface area contributed by atoms with Crippen LogP contribution in [0.2, 0.25) is 0 Å². The summed E-state index contributed by atoms with van der Waals surface area (Å²) in [5.74, 6) is 0.495. The molecule has 4 rings (SSSR count). The molecule has 0 bridgehead atoms. The second-order valence-electron chi connectivity index (χ2n) is 7.20. The molecular formula is C21H23N5O2S2. The van der Waals surface area contributed by atoms with Gasteiger partial charge in [-0.15, -0.1) is 21.5 Å². The van der Waals surface area contributed by atoms with Gasteiger partial charge in [-0.05, 0) is 36.4 Å². The van der Waals surface area contributed by atoms with E-state index in [1.807, 2.05) is 46.3 Å². The maximum atomic E-state index is 12.7. The average Bonchev–Trinajstić information content (AvgIpc) is 3.43. The summed E-state index contributed by atoms with van der Waals surface area (Å²) in [6.07, 6.45) is 2.23. The first-order chi connectivity index (χ1) is 14.6. The first kappa shape index (κ1) is 20.6. The molecule has 3 heterocycles. The molecule has 1 aliphatic heterocycles. The van der Waals surface area contributed by atoms with E-state index in [0.717, 1.165) is 24.4 Å². The Labute approximate surface area is 183 Å². The molecule has 1 aromatic carbocycles. The van der Waals surface area contributed by atoms with Crippen molar-refractivity contribution in [3.05, 3.63) is 58.5 Å². The van der Waals surface area contributed by atoms with Gasteiger partial charge in [-0.25, -0.2) is 0 Å². The summed E-state index contributed by atoms with van der Waals surface area (Å²) in [6.45, 7) is 1.07. The summed E-state index contributed by atoms with van der Waals surface area (Å²) in [7, 11) is 0. The van der Waals surface area contributed by atoms with E-state index < -0.39 is 0 Å². The highest BCUT2D eigenvalue weighted by Crippen LogP contribution is 2.25. The highest BCUT2D eigenvalue weighted by atomic mass is 32.2. The molecule has 0 spiro atoms. The van der Waals surface area contributed by atoms with E-state index in [1.54, 1.807) is 16.2 Å². The van der Waals surface area contributed by atoms with Gasteiger partial charge in [0.1, 0.15) is 5.82 Å². The predicted octanol–water partition coefficient (Wildman–Crippen LogP) is 2.74. The number of thiophene rings is 1. The van der Waals surface area contributed by atoms with Gasteiger partial charge in [0, 0.05) is 30.1 Å². The topological polar surface area (TPSA) is 94.1 Å². The van der Waals surface area contributed by atoms with Crippen LogP contribution in [0.1, 0.15) is 23.5 Å². The zero-order valence-electron chi connectivity index (χ0n) is 16.4. The lowest BCUT2D eigenvalue weighted by Crippen LogP contribution is -2.44. The zero-order valence-corrected chi connectivity index (χ0v) is 18.1. The molecule has 0 saturated carbocycles. The number of hydrogen-bond acceptors (Lipinski definition) is 6. The smallest absolute Gasteiger partial charge is 0.233 e. The number of carbonyl (C=O) groups excluding carboxylic acids is 2. The highest BCUT2D eigenvalue weighted by molar-refractivity contribution is 7.99. The molecule has 9 heteroatoms. The Balaban J connectivity index is 1.50. The van der Waals surface area contributed by atoms with E-state index >= 15 is 0 Å². The van der Waals surface area contributed by atoms with Gasteiger partial charge in [-0.2, -0.15) is 0 Å². The molecule has 1 atom stereocenters. The van der Waals surface area contributed by atoms with Crippen molar-refractivity contribution in [3.8, 4) is 5.69 Å². The average molecular weight is 442 g/mol. The molecular weight excluding hydrogens is 418 g/mol. The normalized spacial score (nSPS) is 16.5. The first-order valence-corrected chi connectivity index (χ1v) is 11.7. The Kier molecular flexibility index (Phi) is 6.49. The van der Waals surface area contributed by atoms with Crippen molar-refractivity contribution in [2.45, 2.75) is 24.4 Å². The van der Waals surface area contributed by atoms with E-state index in [9.17, 15) is 9.59 Å². The number of benzene rings is 1. The zero-order chi connectivity index (χ0) is 20.9. The van der Waals surface area contributed by atoms with Crippen LogP contribution in [-0.4, -0.2) is 50.3 Å². The third-order valence-electron chi connectivity index (χ3n) is 5.13. The molecule has 0 radical (unpaired) electrons. The molecule has 2 N–H and O–H groups in total. The quantitative estimate of drug-likeness (QED) is 0.569. The minimum Gasteiger partial charge on any atom is -0.369 e. The Bertz CT molecular complexity index is 1000. The summed E-state index contributed by atoms with van der Waals surface area (Å²) in [5, 5.41) is 11.5. The van der Waals surface area contributed by atoms with Crippen LogP contribution in [0.3, 0.4) is 0 Å². The number of likely N-dealkylation sites (tertiary alicyclic amines) is 1. The SMILES string of the molecule is NC(=O)C1CCCN(C(=O)CSc2nnc(Cc3cccs3)n2-c2ccccc2)C1. The van der Waals surface area contributed by atoms with E-state index in [1.165, 1.54) is 16.6 Å². The van der Waals surface area contributed by atoms with E-state index in [4.69, 9.17) is 5.73 Å². The second-order valence-corrected chi connectivity index (χ2v) is 9.17. The number of thioether (sulfide) groups is 1. The molecule has 7 nitrogen and oxygen atoms in total. The van der Waals surface area contributed by atoms with Gasteiger partial charge >= 0.3 is 0 Å². The fourth-order valence-electron chi connectivity index (χ4n) is 3.57. The molecule has 1 saturated heterocycles. The Morgan fingerprint density at radius 3 is 2.73 bits per heavy atom. The van der Waals surface area contributed by atoms with Crippen molar-refractivity contribution >= 4 is 34.9 Å². The van der Waals surface area contributed by atoms with Gasteiger partial charge in [0.2, 0.25) is 11.8 Å². The molecule has 3 aromatic rings. The Morgan fingerprint density at radius 1 is 1.17 bits per heavy atom. The first-order valence-electron chi connectivity index (χ1n) is 9.84. The number of hydrogen-bond donors (Lipinski definition) is 1. The largest absolute Gasteiger partial charge is 0.369 e. The number of piperidine rings is 1. The summed E-state index contributed by atoms with van der Waals surface area (Å²) in [5.41, 5.74) is 6.40. The van der Waals surface area contributed by atoms with Crippen LogP contribution < -0.4 is 5.73 Å². The van der Waals surface area contributed by atoms with E-state index in [0.29, 0.717) is 24.7 Å². The fourth-order valence-corrected chi connectivity index (χ4v) is 5.14. The van der Waals surface area contributed by atoms with Gasteiger partial charge in [0.15, 0.2) is 5.16 Å². The number of amides is 2. The van der Waals surface area contributed by atoms with Crippen molar-refractivity contribution < 1.29 is 9.59 Å². The predicted molar refractivity (Wildman–Crippen MR) is 118 cm³/mol. The summed E-state index contributed by atoms with van der Waals surface area (Å²) < 4.78 is 2.01. The molecule has 0 aliphatic carbocycles. The maximum absolute atomic E-state index is 12.7. The third-order valence-corrected chi connectivity index (χ3v) is 6.92. The van der Waals surface area contributed by atoms with Crippen molar-refractivity contribution in [2.75, 3.05) is 18.8 Å². The number of nitrogens with zero attached hydrogens (tertiary/aromatic N) is 4. The van der Waals surface area contributed by atoms with Crippen LogP contribution in [0.4, 0.5) is 0 Å². The minimum absolute atomic E-state index is 0.00614. The van der Waals surface area contributed by atoms with Crippen molar-refractivity contribution in [1.82, 2.24) is 19.7 Å². The second kappa shape index (κ2) is 9.44. The number of aromatic nitrogens is 3. The maximum Gasteiger partial charge on any atom is 0.233 e. The van der Waals surface area contributed by atoms with Crippen LogP contribution in [0.15, 0.2) is 53.0 Å². The highest BCUT2D eigenvalue weighted by Gasteiger charge is 2.27. The van der Waals surface area contributed by atoms with E-state index in [-0.39, 0.29) is 23.5 Å². The Hall–Kier alpha value is -2.65. The Morgan fingerprint density at radius 2 is 2.00 bits per heavy atom. The number of carbonyl (C=O) groups is 2. The molecule has 1 unspecified atom stereocenters. The number of rotatable bonds is 7. The lowest BCUT2D eigenvalue weighted by Gasteiger charge is -2.31. The van der Waals surface area contributed by atoms with Gasteiger partial charge < -0.3 is 10.6 Å². The lowest BCUT2D eigenvalue weighted by atomic mass is 9.97. The number of nitrogens with two attached hydrogens (primary N) is 1. The molecule has 156 valence electrons. The standard InChI is InChI=1S/C21H23N5O2S2/c22-20(28)15-6-4-10-25(13-15)19(27)14-30-21-24-23-18(12-17-9-5-11-29-17)26(21)16-7-2-1-3-8-16/h1-3,5,7-9,11,15H,4,6,10,12-14H2,(H2,22,28). The fraction of sp³-hybridized carbons (Fsp3) is 0.333. The minimum atomic E-state index is -0.331. The van der Waals surface area contributed by atoms with E-state index in [2.05, 4.69) is 16.3 Å². The van der Waals surface area contributed by atoms with Crippen LogP contribution in [0.25, 0.3) is 5.69 Å². The van der Waals surface area contributed by atoms with Crippen molar-refractivity contribution in [3.63, 3.8) is 0 Å².